The van der Waals surface area contributed by atoms with E-state index in [1.165, 1.54) is 12.1 Å². The van der Waals surface area contributed by atoms with Crippen LogP contribution in [0.15, 0.2) is 35.1 Å². The molecule has 1 aromatic carbocycles. The summed E-state index contributed by atoms with van der Waals surface area (Å²) >= 11 is 0. The molecule has 3 heterocycles. The van der Waals surface area contributed by atoms with Gasteiger partial charge < -0.3 is 14.2 Å². The highest BCUT2D eigenvalue weighted by Gasteiger charge is 2.25. The van der Waals surface area contributed by atoms with Gasteiger partial charge in [-0.25, -0.2) is 4.39 Å². The highest BCUT2D eigenvalue weighted by molar-refractivity contribution is 5.95. The second kappa shape index (κ2) is 11.8. The lowest BCUT2D eigenvalue weighted by atomic mass is 10.0. The summed E-state index contributed by atoms with van der Waals surface area (Å²) in [6, 6.07) is 8.03. The van der Waals surface area contributed by atoms with E-state index in [-0.39, 0.29) is 22.7 Å². The molecule has 34 heavy (non-hydrogen) atoms. The van der Waals surface area contributed by atoms with Crippen molar-refractivity contribution in [3.63, 3.8) is 0 Å². The predicted octanol–water partition coefficient (Wildman–Crippen LogP) is 3.63. The smallest absolute Gasteiger partial charge is 0.259 e. The van der Waals surface area contributed by atoms with E-state index in [1.54, 1.807) is 12.1 Å². The third-order valence-corrected chi connectivity index (χ3v) is 6.95. The number of aromatic nitrogens is 1. The van der Waals surface area contributed by atoms with E-state index in [0.717, 1.165) is 76.2 Å². The van der Waals surface area contributed by atoms with Crippen LogP contribution in [0.1, 0.15) is 59.4 Å². The number of aryl methyl sites for hydroxylation is 1. The average molecular weight is 470 g/mol. The summed E-state index contributed by atoms with van der Waals surface area (Å²) in [5.74, 6) is -0.494. The number of hydrogen-bond donors (Lipinski definition) is 0. The number of pyridine rings is 1. The fourth-order valence-corrected chi connectivity index (χ4v) is 5.10. The number of ether oxygens (including phenoxy) is 1. The molecule has 184 valence electrons. The summed E-state index contributed by atoms with van der Waals surface area (Å²) in [5.41, 5.74) is 2.32. The summed E-state index contributed by atoms with van der Waals surface area (Å²) in [6.45, 7) is 8.30. The molecule has 1 aromatic heterocycles. The minimum Gasteiger partial charge on any atom is -0.379 e. The molecule has 0 unspecified atom stereocenters. The zero-order valence-electron chi connectivity index (χ0n) is 20.2. The molecule has 0 radical (unpaired) electrons. The molecule has 0 bridgehead atoms. The molecule has 0 saturated carbocycles. The van der Waals surface area contributed by atoms with Gasteiger partial charge in [-0.05, 0) is 43.9 Å². The zero-order valence-corrected chi connectivity index (χ0v) is 20.2. The molecule has 4 rings (SSSR count). The molecule has 0 aliphatic carbocycles. The summed E-state index contributed by atoms with van der Waals surface area (Å²) in [5, 5.41) is 0. The number of benzene rings is 1. The SMILES string of the molecule is Cc1cc(=O)c(C(=O)N2CCCCCC2)c(Cc2cccc(F)c2)n1CCCN1CCOCC1. The summed E-state index contributed by atoms with van der Waals surface area (Å²) < 4.78 is 21.5. The topological polar surface area (TPSA) is 54.8 Å². The Labute approximate surface area is 201 Å². The summed E-state index contributed by atoms with van der Waals surface area (Å²) in [6.07, 6.45) is 5.40. The van der Waals surface area contributed by atoms with Crippen molar-refractivity contribution in [2.75, 3.05) is 45.9 Å². The maximum atomic E-state index is 14.0. The van der Waals surface area contributed by atoms with E-state index in [0.29, 0.717) is 31.7 Å². The molecule has 2 aliphatic rings. The van der Waals surface area contributed by atoms with Crippen LogP contribution in [-0.4, -0.2) is 66.2 Å². The highest BCUT2D eigenvalue weighted by Crippen LogP contribution is 2.20. The van der Waals surface area contributed by atoms with Crippen LogP contribution in [0, 0.1) is 12.7 Å². The maximum Gasteiger partial charge on any atom is 0.259 e. The van der Waals surface area contributed by atoms with E-state index < -0.39 is 0 Å². The number of hydrogen-bond acceptors (Lipinski definition) is 4. The van der Waals surface area contributed by atoms with E-state index >= 15 is 0 Å². The molecule has 1 amide bonds. The summed E-state index contributed by atoms with van der Waals surface area (Å²) in [7, 11) is 0. The molecule has 2 saturated heterocycles. The van der Waals surface area contributed by atoms with Gasteiger partial charge in [0, 0.05) is 63.1 Å². The zero-order chi connectivity index (χ0) is 23.9. The fraction of sp³-hybridized carbons (Fsp3) is 0.556. The number of carbonyl (C=O) groups excluding carboxylic acids is 1. The molecule has 2 fully saturated rings. The van der Waals surface area contributed by atoms with Crippen molar-refractivity contribution in [3.05, 3.63) is 68.9 Å². The monoisotopic (exact) mass is 469 g/mol. The third-order valence-electron chi connectivity index (χ3n) is 6.95. The second-order valence-corrected chi connectivity index (χ2v) is 9.44. The number of amides is 1. The number of carbonyl (C=O) groups is 1. The van der Waals surface area contributed by atoms with Crippen molar-refractivity contribution in [1.82, 2.24) is 14.4 Å². The van der Waals surface area contributed by atoms with Crippen LogP contribution in [0.2, 0.25) is 0 Å². The Morgan fingerprint density at radius 3 is 2.44 bits per heavy atom. The first kappa shape index (κ1) is 24.6. The van der Waals surface area contributed by atoms with Crippen LogP contribution in [0.5, 0.6) is 0 Å². The molecule has 2 aromatic rings. The van der Waals surface area contributed by atoms with E-state index in [9.17, 15) is 14.0 Å². The van der Waals surface area contributed by atoms with Crippen molar-refractivity contribution >= 4 is 5.91 Å². The van der Waals surface area contributed by atoms with Crippen LogP contribution in [0.25, 0.3) is 0 Å². The Kier molecular flexibility index (Phi) is 8.51. The van der Waals surface area contributed by atoms with Gasteiger partial charge in [0.25, 0.3) is 5.91 Å². The quantitative estimate of drug-likeness (QED) is 0.622. The molecule has 2 aliphatic heterocycles. The van der Waals surface area contributed by atoms with Crippen molar-refractivity contribution in [3.8, 4) is 0 Å². The van der Waals surface area contributed by atoms with Crippen LogP contribution in [0.4, 0.5) is 4.39 Å². The number of halogens is 1. The largest absolute Gasteiger partial charge is 0.379 e. The first-order chi connectivity index (χ1) is 16.5. The molecule has 7 heteroatoms. The van der Waals surface area contributed by atoms with Crippen molar-refractivity contribution < 1.29 is 13.9 Å². The lowest BCUT2D eigenvalue weighted by Gasteiger charge is -2.28. The van der Waals surface area contributed by atoms with Crippen molar-refractivity contribution in [2.24, 2.45) is 0 Å². The molecular formula is C27H36FN3O3. The van der Waals surface area contributed by atoms with Gasteiger partial charge in [0.2, 0.25) is 0 Å². The van der Waals surface area contributed by atoms with Crippen molar-refractivity contribution in [2.45, 2.75) is 52.0 Å². The Morgan fingerprint density at radius 1 is 1.00 bits per heavy atom. The van der Waals surface area contributed by atoms with E-state index in [4.69, 9.17) is 4.74 Å². The Balaban J connectivity index is 1.67. The van der Waals surface area contributed by atoms with E-state index in [1.807, 2.05) is 17.9 Å². The molecular weight excluding hydrogens is 433 g/mol. The minimum atomic E-state index is -0.313. The van der Waals surface area contributed by atoms with Crippen LogP contribution >= 0.6 is 0 Å². The van der Waals surface area contributed by atoms with Gasteiger partial charge >= 0.3 is 0 Å². The first-order valence-corrected chi connectivity index (χ1v) is 12.6. The number of morpholine rings is 1. The van der Waals surface area contributed by atoms with Gasteiger partial charge in [0.1, 0.15) is 11.4 Å². The van der Waals surface area contributed by atoms with E-state index in [2.05, 4.69) is 9.47 Å². The lowest BCUT2D eigenvalue weighted by molar-refractivity contribution is 0.0369. The van der Waals surface area contributed by atoms with Gasteiger partial charge in [0.05, 0.1) is 13.2 Å². The standard InChI is InChI=1S/C27H36FN3O3/c1-21-18-25(32)26(27(33)30-11-4-2-3-5-12-30)24(20-22-8-6-9-23(28)19-22)31(21)13-7-10-29-14-16-34-17-15-29/h6,8-9,18-19H,2-5,7,10-17,20H2,1H3. The number of rotatable bonds is 7. The van der Waals surface area contributed by atoms with Crippen LogP contribution < -0.4 is 5.43 Å². The van der Waals surface area contributed by atoms with Crippen molar-refractivity contribution in [1.29, 1.82) is 0 Å². The lowest BCUT2D eigenvalue weighted by Crippen LogP contribution is -2.38. The average Bonchev–Trinajstić information content (AvgIpc) is 3.11. The second-order valence-electron chi connectivity index (χ2n) is 9.44. The van der Waals surface area contributed by atoms with Gasteiger partial charge in [0.15, 0.2) is 5.43 Å². The van der Waals surface area contributed by atoms with Crippen LogP contribution in [-0.2, 0) is 17.7 Å². The van der Waals surface area contributed by atoms with Gasteiger partial charge in [-0.3, -0.25) is 14.5 Å². The van der Waals surface area contributed by atoms with Gasteiger partial charge in [-0.15, -0.1) is 0 Å². The number of likely N-dealkylation sites (tertiary alicyclic amines) is 1. The normalized spacial score (nSPS) is 17.5. The molecule has 6 nitrogen and oxygen atoms in total. The van der Waals surface area contributed by atoms with Gasteiger partial charge in [-0.1, -0.05) is 25.0 Å². The minimum absolute atomic E-state index is 0.180. The summed E-state index contributed by atoms with van der Waals surface area (Å²) in [4.78, 5) is 31.1. The third kappa shape index (κ3) is 6.13. The molecule has 0 atom stereocenters. The Morgan fingerprint density at radius 2 is 1.74 bits per heavy atom. The Hall–Kier alpha value is -2.51. The molecule has 0 N–H and O–H groups in total. The fourth-order valence-electron chi connectivity index (χ4n) is 5.10. The number of nitrogens with zero attached hydrogens (tertiary/aromatic N) is 3. The molecule has 0 spiro atoms. The highest BCUT2D eigenvalue weighted by atomic mass is 19.1. The first-order valence-electron chi connectivity index (χ1n) is 12.6. The van der Waals surface area contributed by atoms with Gasteiger partial charge in [-0.2, -0.15) is 0 Å². The predicted molar refractivity (Wildman–Crippen MR) is 131 cm³/mol. The Bertz CT molecular complexity index is 1040. The van der Waals surface area contributed by atoms with Crippen LogP contribution in [0.3, 0.4) is 0 Å². The maximum absolute atomic E-state index is 14.0.